The van der Waals surface area contributed by atoms with Gasteiger partial charge in [-0.15, -0.1) is 0 Å². The lowest BCUT2D eigenvalue weighted by Gasteiger charge is -2.31. The van der Waals surface area contributed by atoms with Crippen molar-refractivity contribution >= 4 is 0 Å². The molecule has 1 fully saturated rings. The first kappa shape index (κ1) is 16.3. The topological polar surface area (TPSA) is 30.5 Å². The molecule has 1 aliphatic rings. The van der Waals surface area contributed by atoms with Crippen LogP contribution < -0.4 is 10.1 Å². The van der Waals surface area contributed by atoms with Crippen LogP contribution in [0.4, 0.5) is 0 Å². The van der Waals surface area contributed by atoms with Gasteiger partial charge in [-0.2, -0.15) is 0 Å². The third-order valence-corrected chi connectivity index (χ3v) is 4.04. The molecule has 1 aromatic rings. The second-order valence-corrected chi connectivity index (χ2v) is 5.80. The van der Waals surface area contributed by atoms with Crippen LogP contribution in [0.25, 0.3) is 0 Å². The first-order chi connectivity index (χ1) is 10.3. The first-order valence-electron chi connectivity index (χ1n) is 8.39. The number of hydrogen-bond acceptors (Lipinski definition) is 3. The van der Waals surface area contributed by atoms with E-state index in [0.29, 0.717) is 12.0 Å². The minimum absolute atomic E-state index is 0.416. The summed E-state index contributed by atoms with van der Waals surface area (Å²) in [5, 5.41) is 3.73. The maximum absolute atomic E-state index is 5.79. The van der Waals surface area contributed by atoms with Gasteiger partial charge in [0.25, 0.3) is 0 Å². The van der Waals surface area contributed by atoms with Crippen molar-refractivity contribution in [3.8, 4) is 5.75 Å². The van der Waals surface area contributed by atoms with Crippen molar-refractivity contribution in [2.45, 2.75) is 45.6 Å². The highest BCUT2D eigenvalue weighted by atomic mass is 16.5. The fourth-order valence-corrected chi connectivity index (χ4v) is 2.92. The summed E-state index contributed by atoms with van der Waals surface area (Å²) in [5.74, 6) is 1.65. The molecule has 118 valence electrons. The van der Waals surface area contributed by atoms with E-state index in [0.717, 1.165) is 57.8 Å². The standard InChI is InChI=1S/C18H29NO2/c1-3-10-19-18(15-8-12-20-13-9-15)16-6-5-7-17(14-16)21-11-4-2/h5-7,14-15,18-19H,3-4,8-13H2,1-2H3. The Hall–Kier alpha value is -1.06. The molecule has 3 heteroatoms. The van der Waals surface area contributed by atoms with Crippen molar-refractivity contribution in [1.29, 1.82) is 0 Å². The van der Waals surface area contributed by atoms with E-state index in [2.05, 4.69) is 43.4 Å². The molecule has 0 amide bonds. The summed E-state index contributed by atoms with van der Waals surface area (Å²) in [6.45, 7) is 7.98. The van der Waals surface area contributed by atoms with E-state index in [-0.39, 0.29) is 0 Å². The van der Waals surface area contributed by atoms with Crippen molar-refractivity contribution in [2.75, 3.05) is 26.4 Å². The van der Waals surface area contributed by atoms with Gasteiger partial charge in [0.1, 0.15) is 5.75 Å². The van der Waals surface area contributed by atoms with E-state index in [4.69, 9.17) is 9.47 Å². The highest BCUT2D eigenvalue weighted by molar-refractivity contribution is 5.31. The van der Waals surface area contributed by atoms with Gasteiger partial charge < -0.3 is 14.8 Å². The van der Waals surface area contributed by atoms with Crippen molar-refractivity contribution in [2.24, 2.45) is 5.92 Å². The van der Waals surface area contributed by atoms with Gasteiger partial charge in [0, 0.05) is 19.3 Å². The highest BCUT2D eigenvalue weighted by Crippen LogP contribution is 2.31. The molecule has 0 bridgehead atoms. The van der Waals surface area contributed by atoms with Gasteiger partial charge in [-0.3, -0.25) is 0 Å². The van der Waals surface area contributed by atoms with Crippen LogP contribution in [0.3, 0.4) is 0 Å². The molecule has 1 N–H and O–H groups in total. The summed E-state index contributed by atoms with van der Waals surface area (Å²) >= 11 is 0. The molecule has 0 spiro atoms. The number of ether oxygens (including phenoxy) is 2. The molecule has 1 saturated heterocycles. The van der Waals surface area contributed by atoms with Crippen LogP contribution in [0.15, 0.2) is 24.3 Å². The molecular formula is C18H29NO2. The fourth-order valence-electron chi connectivity index (χ4n) is 2.92. The van der Waals surface area contributed by atoms with Crippen molar-refractivity contribution < 1.29 is 9.47 Å². The van der Waals surface area contributed by atoms with E-state index in [1.54, 1.807) is 0 Å². The quantitative estimate of drug-likeness (QED) is 0.787. The summed E-state index contributed by atoms with van der Waals surface area (Å²) in [6.07, 6.45) is 4.48. The summed E-state index contributed by atoms with van der Waals surface area (Å²) in [4.78, 5) is 0. The van der Waals surface area contributed by atoms with E-state index >= 15 is 0 Å². The van der Waals surface area contributed by atoms with Crippen molar-refractivity contribution in [3.63, 3.8) is 0 Å². The third-order valence-electron chi connectivity index (χ3n) is 4.04. The maximum Gasteiger partial charge on any atom is 0.119 e. The van der Waals surface area contributed by atoms with Crippen LogP contribution in [-0.4, -0.2) is 26.4 Å². The molecule has 0 saturated carbocycles. The number of rotatable bonds is 8. The molecule has 21 heavy (non-hydrogen) atoms. The van der Waals surface area contributed by atoms with Gasteiger partial charge in [0.15, 0.2) is 0 Å². The minimum atomic E-state index is 0.416. The molecule has 1 heterocycles. The van der Waals surface area contributed by atoms with Crippen LogP contribution in [0.2, 0.25) is 0 Å². The van der Waals surface area contributed by atoms with Gasteiger partial charge in [-0.25, -0.2) is 0 Å². The fraction of sp³-hybridized carbons (Fsp3) is 0.667. The molecule has 1 unspecified atom stereocenters. The van der Waals surface area contributed by atoms with Crippen molar-refractivity contribution in [1.82, 2.24) is 5.32 Å². The van der Waals surface area contributed by atoms with Gasteiger partial charge in [0.2, 0.25) is 0 Å². The predicted molar refractivity (Wildman–Crippen MR) is 86.8 cm³/mol. The lowest BCUT2D eigenvalue weighted by Crippen LogP contribution is -2.32. The minimum Gasteiger partial charge on any atom is -0.494 e. The Morgan fingerprint density at radius 1 is 1.24 bits per heavy atom. The maximum atomic E-state index is 5.79. The van der Waals surface area contributed by atoms with Crippen molar-refractivity contribution in [3.05, 3.63) is 29.8 Å². The second-order valence-electron chi connectivity index (χ2n) is 5.80. The number of benzene rings is 1. The number of hydrogen-bond donors (Lipinski definition) is 1. The van der Waals surface area contributed by atoms with E-state index < -0.39 is 0 Å². The number of nitrogens with one attached hydrogen (secondary N) is 1. The average Bonchev–Trinajstić information content (AvgIpc) is 2.55. The Balaban J connectivity index is 2.10. The Morgan fingerprint density at radius 3 is 2.76 bits per heavy atom. The predicted octanol–water partition coefficient (Wildman–Crippen LogP) is 3.94. The Kier molecular flexibility index (Phi) is 7.04. The van der Waals surface area contributed by atoms with Gasteiger partial charge in [0.05, 0.1) is 6.61 Å². The SMILES string of the molecule is CCCNC(c1cccc(OCCC)c1)C1CCOCC1. The largest absolute Gasteiger partial charge is 0.494 e. The van der Waals surface area contributed by atoms with Gasteiger partial charge in [-0.1, -0.05) is 26.0 Å². The van der Waals surface area contributed by atoms with Crippen LogP contribution in [-0.2, 0) is 4.74 Å². The molecule has 0 radical (unpaired) electrons. The molecule has 3 nitrogen and oxygen atoms in total. The summed E-state index contributed by atoms with van der Waals surface area (Å²) in [7, 11) is 0. The summed E-state index contributed by atoms with van der Waals surface area (Å²) in [5.41, 5.74) is 1.35. The Bertz CT molecular complexity index is 402. The van der Waals surface area contributed by atoms with E-state index in [1.807, 2.05) is 0 Å². The normalized spacial score (nSPS) is 17.6. The zero-order chi connectivity index (χ0) is 14.9. The highest BCUT2D eigenvalue weighted by Gasteiger charge is 2.25. The summed E-state index contributed by atoms with van der Waals surface area (Å²) in [6, 6.07) is 9.01. The zero-order valence-corrected chi connectivity index (χ0v) is 13.4. The molecule has 1 aliphatic heterocycles. The lowest BCUT2D eigenvalue weighted by atomic mass is 9.87. The van der Waals surface area contributed by atoms with E-state index in [1.165, 1.54) is 5.56 Å². The second kappa shape index (κ2) is 9.06. The molecule has 0 aliphatic carbocycles. The Labute approximate surface area is 129 Å². The molecular weight excluding hydrogens is 262 g/mol. The molecule has 1 atom stereocenters. The molecule has 0 aromatic heterocycles. The lowest BCUT2D eigenvalue weighted by molar-refractivity contribution is 0.0536. The van der Waals surface area contributed by atoms with E-state index in [9.17, 15) is 0 Å². The third kappa shape index (κ3) is 5.01. The van der Waals surface area contributed by atoms with Crippen LogP contribution >= 0.6 is 0 Å². The monoisotopic (exact) mass is 291 g/mol. The van der Waals surface area contributed by atoms with Gasteiger partial charge in [-0.05, 0) is 55.8 Å². The average molecular weight is 291 g/mol. The summed E-state index contributed by atoms with van der Waals surface area (Å²) < 4.78 is 11.3. The first-order valence-corrected chi connectivity index (χ1v) is 8.39. The molecule has 2 rings (SSSR count). The Morgan fingerprint density at radius 2 is 2.05 bits per heavy atom. The van der Waals surface area contributed by atoms with Crippen LogP contribution in [0, 0.1) is 5.92 Å². The smallest absolute Gasteiger partial charge is 0.119 e. The molecule has 1 aromatic carbocycles. The van der Waals surface area contributed by atoms with Crippen LogP contribution in [0.1, 0.15) is 51.1 Å². The van der Waals surface area contributed by atoms with Gasteiger partial charge >= 0.3 is 0 Å². The van der Waals surface area contributed by atoms with Crippen LogP contribution in [0.5, 0.6) is 5.75 Å². The zero-order valence-electron chi connectivity index (χ0n) is 13.4.